The smallest absolute Gasteiger partial charge is 0.271 e. The van der Waals surface area contributed by atoms with Gasteiger partial charge in [0, 0.05) is 24.6 Å². The van der Waals surface area contributed by atoms with Crippen LogP contribution in [0.4, 0.5) is 0 Å². The number of benzene rings is 1. The van der Waals surface area contributed by atoms with Gasteiger partial charge in [0.1, 0.15) is 12.3 Å². The molecule has 5 heteroatoms. The Kier molecular flexibility index (Phi) is 5.29. The number of carbonyl (C=O) groups excluding carboxylic acids is 1. The van der Waals surface area contributed by atoms with Crippen LogP contribution in [0.2, 0.25) is 0 Å². The molecule has 5 nitrogen and oxygen atoms in total. The van der Waals surface area contributed by atoms with E-state index in [0.29, 0.717) is 31.4 Å². The van der Waals surface area contributed by atoms with Crippen molar-refractivity contribution in [2.24, 2.45) is 5.92 Å². The van der Waals surface area contributed by atoms with Crippen molar-refractivity contribution in [3.05, 3.63) is 42.1 Å². The minimum atomic E-state index is -0.00803. The SMILES string of the molecule is C#CCOCC1CCCN(C(=O)c2cc(-c3ccccc3)n[nH]2)C1. The van der Waals surface area contributed by atoms with Crippen LogP contribution in [-0.4, -0.2) is 47.3 Å². The summed E-state index contributed by atoms with van der Waals surface area (Å²) in [5, 5.41) is 7.13. The largest absolute Gasteiger partial charge is 0.368 e. The lowest BCUT2D eigenvalue weighted by atomic mass is 9.98. The van der Waals surface area contributed by atoms with Crippen molar-refractivity contribution in [1.29, 1.82) is 0 Å². The van der Waals surface area contributed by atoms with Gasteiger partial charge in [0.15, 0.2) is 0 Å². The molecule has 1 aromatic heterocycles. The molecule has 3 rings (SSSR count). The van der Waals surface area contributed by atoms with E-state index in [-0.39, 0.29) is 5.91 Å². The molecule has 24 heavy (non-hydrogen) atoms. The Balaban J connectivity index is 1.64. The van der Waals surface area contributed by atoms with Crippen LogP contribution in [0.5, 0.6) is 0 Å². The lowest BCUT2D eigenvalue weighted by molar-refractivity contribution is 0.0529. The number of hydrogen-bond acceptors (Lipinski definition) is 3. The Hall–Kier alpha value is -2.58. The highest BCUT2D eigenvalue weighted by Crippen LogP contribution is 2.21. The number of H-pyrrole nitrogens is 1. The highest BCUT2D eigenvalue weighted by Gasteiger charge is 2.25. The van der Waals surface area contributed by atoms with Crippen LogP contribution >= 0.6 is 0 Å². The number of nitrogens with one attached hydrogen (secondary N) is 1. The fourth-order valence-corrected chi connectivity index (χ4v) is 3.03. The third-order valence-corrected chi connectivity index (χ3v) is 4.22. The predicted octanol–water partition coefficient (Wildman–Crippen LogP) is 2.58. The number of nitrogens with zero attached hydrogens (tertiary/aromatic N) is 2. The summed E-state index contributed by atoms with van der Waals surface area (Å²) < 4.78 is 5.42. The molecule has 0 spiro atoms. The Labute approximate surface area is 142 Å². The van der Waals surface area contributed by atoms with Crippen LogP contribution < -0.4 is 0 Å². The molecule has 1 aliphatic heterocycles. The fraction of sp³-hybridized carbons (Fsp3) is 0.368. The number of amides is 1. The van der Waals surface area contributed by atoms with Gasteiger partial charge in [-0.2, -0.15) is 5.10 Å². The Morgan fingerprint density at radius 3 is 3.04 bits per heavy atom. The van der Waals surface area contributed by atoms with Gasteiger partial charge < -0.3 is 9.64 Å². The maximum atomic E-state index is 12.7. The van der Waals surface area contributed by atoms with Crippen molar-refractivity contribution in [3.8, 4) is 23.6 Å². The zero-order chi connectivity index (χ0) is 16.8. The van der Waals surface area contributed by atoms with Gasteiger partial charge in [0.2, 0.25) is 0 Å². The number of rotatable bonds is 5. The van der Waals surface area contributed by atoms with Crippen LogP contribution in [0.3, 0.4) is 0 Å². The molecule has 1 aliphatic rings. The summed E-state index contributed by atoms with van der Waals surface area (Å²) in [7, 11) is 0. The topological polar surface area (TPSA) is 58.2 Å². The molecule has 0 saturated carbocycles. The third kappa shape index (κ3) is 3.84. The number of terminal acetylenes is 1. The molecule has 1 atom stereocenters. The minimum Gasteiger partial charge on any atom is -0.368 e. The normalized spacial score (nSPS) is 17.5. The molecule has 1 unspecified atom stereocenters. The summed E-state index contributed by atoms with van der Waals surface area (Å²) in [4.78, 5) is 14.6. The summed E-state index contributed by atoms with van der Waals surface area (Å²) in [6.45, 7) is 2.39. The van der Waals surface area contributed by atoms with Gasteiger partial charge in [-0.15, -0.1) is 6.42 Å². The van der Waals surface area contributed by atoms with E-state index in [1.807, 2.05) is 41.3 Å². The number of piperidine rings is 1. The van der Waals surface area contributed by atoms with Gasteiger partial charge in [-0.1, -0.05) is 36.3 Å². The molecule has 0 radical (unpaired) electrons. The van der Waals surface area contributed by atoms with Crippen LogP contribution in [0.15, 0.2) is 36.4 Å². The highest BCUT2D eigenvalue weighted by molar-refractivity contribution is 5.93. The first-order chi connectivity index (χ1) is 11.8. The average molecular weight is 323 g/mol. The number of carbonyl (C=O) groups is 1. The van der Waals surface area contributed by atoms with Crippen molar-refractivity contribution in [3.63, 3.8) is 0 Å². The van der Waals surface area contributed by atoms with Crippen molar-refractivity contribution >= 4 is 5.91 Å². The monoisotopic (exact) mass is 323 g/mol. The molecule has 1 saturated heterocycles. The van der Waals surface area contributed by atoms with E-state index < -0.39 is 0 Å². The standard InChI is InChI=1S/C19H21N3O2/c1-2-11-24-14-15-7-6-10-22(13-15)19(23)18-12-17(20-21-18)16-8-4-3-5-9-16/h1,3-5,8-9,12,15H,6-7,10-11,13-14H2,(H,20,21). The van der Waals surface area contributed by atoms with E-state index >= 15 is 0 Å². The number of hydrogen-bond donors (Lipinski definition) is 1. The van der Waals surface area contributed by atoms with Crippen molar-refractivity contribution in [2.75, 3.05) is 26.3 Å². The number of likely N-dealkylation sites (tertiary alicyclic amines) is 1. The summed E-state index contributed by atoms with van der Waals surface area (Å²) in [6.07, 6.45) is 7.24. The van der Waals surface area contributed by atoms with Gasteiger partial charge in [-0.25, -0.2) is 0 Å². The van der Waals surface area contributed by atoms with Crippen LogP contribution in [0.25, 0.3) is 11.3 Å². The summed E-state index contributed by atoms with van der Waals surface area (Å²) in [5.74, 6) is 2.80. The average Bonchev–Trinajstić information content (AvgIpc) is 3.12. The van der Waals surface area contributed by atoms with Gasteiger partial charge in [-0.3, -0.25) is 9.89 Å². The first-order valence-electron chi connectivity index (χ1n) is 8.19. The zero-order valence-electron chi connectivity index (χ0n) is 13.6. The number of ether oxygens (including phenoxy) is 1. The minimum absolute atomic E-state index is 0.00803. The summed E-state index contributed by atoms with van der Waals surface area (Å²) in [6, 6.07) is 11.6. The number of aromatic nitrogens is 2. The van der Waals surface area contributed by atoms with E-state index in [0.717, 1.165) is 30.6 Å². The maximum Gasteiger partial charge on any atom is 0.271 e. The third-order valence-electron chi connectivity index (χ3n) is 4.22. The van der Waals surface area contributed by atoms with E-state index in [4.69, 9.17) is 11.2 Å². The predicted molar refractivity (Wildman–Crippen MR) is 92.3 cm³/mol. The van der Waals surface area contributed by atoms with Crippen LogP contribution in [-0.2, 0) is 4.74 Å². The molecule has 0 aliphatic carbocycles. The summed E-state index contributed by atoms with van der Waals surface area (Å²) in [5.41, 5.74) is 2.30. The Morgan fingerprint density at radius 2 is 2.25 bits per heavy atom. The van der Waals surface area contributed by atoms with Gasteiger partial charge in [0.05, 0.1) is 12.3 Å². The molecule has 124 valence electrons. The van der Waals surface area contributed by atoms with Crippen LogP contribution in [0, 0.1) is 18.3 Å². The Bertz CT molecular complexity index is 718. The Morgan fingerprint density at radius 1 is 1.42 bits per heavy atom. The first-order valence-corrected chi connectivity index (χ1v) is 8.19. The fourth-order valence-electron chi connectivity index (χ4n) is 3.03. The lowest BCUT2D eigenvalue weighted by Gasteiger charge is -2.32. The first kappa shape index (κ1) is 16.3. The molecule has 2 aromatic rings. The van der Waals surface area contributed by atoms with Crippen LogP contribution in [0.1, 0.15) is 23.3 Å². The quantitative estimate of drug-likeness (QED) is 0.679. The van der Waals surface area contributed by atoms with E-state index in [2.05, 4.69) is 16.1 Å². The van der Waals surface area contributed by atoms with Gasteiger partial charge >= 0.3 is 0 Å². The van der Waals surface area contributed by atoms with Crippen molar-refractivity contribution in [2.45, 2.75) is 12.8 Å². The molecule has 1 fully saturated rings. The molecular weight excluding hydrogens is 302 g/mol. The van der Waals surface area contributed by atoms with Gasteiger partial charge in [-0.05, 0) is 18.9 Å². The van der Waals surface area contributed by atoms with E-state index in [9.17, 15) is 4.79 Å². The van der Waals surface area contributed by atoms with Crippen molar-refractivity contribution in [1.82, 2.24) is 15.1 Å². The highest BCUT2D eigenvalue weighted by atomic mass is 16.5. The maximum absolute atomic E-state index is 12.7. The van der Waals surface area contributed by atoms with E-state index in [1.165, 1.54) is 0 Å². The molecule has 1 amide bonds. The second-order valence-corrected chi connectivity index (χ2v) is 6.01. The second-order valence-electron chi connectivity index (χ2n) is 6.01. The second kappa shape index (κ2) is 7.80. The molecular formula is C19H21N3O2. The molecule has 2 heterocycles. The molecule has 0 bridgehead atoms. The molecule has 1 aromatic carbocycles. The summed E-state index contributed by atoms with van der Waals surface area (Å²) >= 11 is 0. The van der Waals surface area contributed by atoms with Crippen molar-refractivity contribution < 1.29 is 9.53 Å². The zero-order valence-corrected chi connectivity index (χ0v) is 13.6. The lowest BCUT2D eigenvalue weighted by Crippen LogP contribution is -2.41. The number of aromatic amines is 1. The molecule has 1 N–H and O–H groups in total. The van der Waals surface area contributed by atoms with Gasteiger partial charge in [0.25, 0.3) is 5.91 Å². The van der Waals surface area contributed by atoms with E-state index in [1.54, 1.807) is 0 Å².